The van der Waals surface area contributed by atoms with Gasteiger partial charge in [0.1, 0.15) is 0 Å². The number of halogens is 1. The van der Waals surface area contributed by atoms with E-state index in [2.05, 4.69) is 48.8 Å². The normalized spacial score (nSPS) is 11.5. The highest BCUT2D eigenvalue weighted by atomic mass is 79.9. The molecule has 1 N–H and O–H groups in total. The molecular weight excluding hydrogens is 450 g/mol. The van der Waals surface area contributed by atoms with Crippen LogP contribution < -0.4 is 5.43 Å². The zero-order valence-corrected chi connectivity index (χ0v) is 18.7. The van der Waals surface area contributed by atoms with Crippen molar-refractivity contribution in [2.45, 2.75) is 24.9 Å². The van der Waals surface area contributed by atoms with E-state index < -0.39 is 0 Å². The van der Waals surface area contributed by atoms with Crippen LogP contribution in [0.4, 0.5) is 0 Å². The third kappa shape index (κ3) is 6.01. The Hall–Kier alpha value is -2.45. The number of carbonyl (C=O) groups is 1. The molecule has 1 heterocycles. The Morgan fingerprint density at radius 3 is 2.69 bits per heavy atom. The summed E-state index contributed by atoms with van der Waals surface area (Å²) in [6.45, 7) is 2.03. The molecule has 1 amide bonds. The summed E-state index contributed by atoms with van der Waals surface area (Å²) in [5.74, 6) is 0.806. The van der Waals surface area contributed by atoms with Gasteiger partial charge in [-0.15, -0.1) is 10.2 Å². The fourth-order valence-electron chi connectivity index (χ4n) is 2.70. The lowest BCUT2D eigenvalue weighted by molar-refractivity contribution is -0.118. The summed E-state index contributed by atoms with van der Waals surface area (Å²) >= 11 is 4.80. The van der Waals surface area contributed by atoms with E-state index >= 15 is 0 Å². The zero-order chi connectivity index (χ0) is 20.6. The molecule has 0 radical (unpaired) electrons. The summed E-state index contributed by atoms with van der Waals surface area (Å²) in [5.41, 5.74) is 5.73. The summed E-state index contributed by atoms with van der Waals surface area (Å²) in [5, 5.41) is 13.4. The van der Waals surface area contributed by atoms with Gasteiger partial charge >= 0.3 is 0 Å². The number of hydrogen-bond acceptors (Lipinski definition) is 5. The Morgan fingerprint density at radius 1 is 1.17 bits per heavy atom. The Bertz CT molecular complexity index is 1000. The monoisotopic (exact) mass is 471 g/mol. The smallest absolute Gasteiger partial charge is 0.250 e. The maximum Gasteiger partial charge on any atom is 0.250 e. The van der Waals surface area contributed by atoms with Crippen LogP contribution in [-0.4, -0.2) is 32.1 Å². The van der Waals surface area contributed by atoms with Gasteiger partial charge in [0, 0.05) is 29.2 Å². The number of thioether (sulfide) groups is 1. The predicted octanol–water partition coefficient (Wildman–Crippen LogP) is 4.46. The van der Waals surface area contributed by atoms with Gasteiger partial charge in [0.05, 0.1) is 5.75 Å². The van der Waals surface area contributed by atoms with E-state index in [9.17, 15) is 4.79 Å². The predicted molar refractivity (Wildman–Crippen MR) is 121 cm³/mol. The standard InChI is InChI=1S/C21H22BrN5OS/c1-3-18(12-15-8-5-4-6-9-15)23-24-19(28)14-29-21-26-25-20(27(21)2)16-10-7-11-17(22)13-16/h4-11,13H,3,12,14H2,1-2H3,(H,24,28)/b23-18+. The summed E-state index contributed by atoms with van der Waals surface area (Å²) in [4.78, 5) is 12.2. The van der Waals surface area contributed by atoms with E-state index in [4.69, 9.17) is 0 Å². The second-order valence-corrected chi connectivity index (χ2v) is 8.25. The lowest BCUT2D eigenvalue weighted by atomic mass is 10.1. The lowest BCUT2D eigenvalue weighted by Crippen LogP contribution is -2.22. The molecule has 3 rings (SSSR count). The van der Waals surface area contributed by atoms with Gasteiger partial charge in [-0.25, -0.2) is 5.43 Å². The van der Waals surface area contributed by atoms with Crippen LogP contribution in [0.3, 0.4) is 0 Å². The topological polar surface area (TPSA) is 72.2 Å². The fourth-order valence-corrected chi connectivity index (χ4v) is 3.80. The summed E-state index contributed by atoms with van der Waals surface area (Å²) in [6, 6.07) is 18.0. The number of nitrogens with zero attached hydrogens (tertiary/aromatic N) is 4. The van der Waals surface area contributed by atoms with E-state index in [1.54, 1.807) is 0 Å². The first-order valence-electron chi connectivity index (χ1n) is 9.23. The van der Waals surface area contributed by atoms with Crippen LogP contribution in [0.15, 0.2) is 69.3 Å². The Labute approximate surface area is 182 Å². The zero-order valence-electron chi connectivity index (χ0n) is 16.3. The summed E-state index contributed by atoms with van der Waals surface area (Å²) < 4.78 is 2.86. The molecule has 150 valence electrons. The molecule has 0 atom stereocenters. The van der Waals surface area contributed by atoms with Gasteiger partial charge in [-0.1, -0.05) is 77.1 Å². The number of amides is 1. The molecule has 6 nitrogen and oxygen atoms in total. The van der Waals surface area contributed by atoms with Gasteiger partial charge in [-0.2, -0.15) is 5.10 Å². The maximum absolute atomic E-state index is 12.2. The van der Waals surface area contributed by atoms with E-state index in [1.165, 1.54) is 17.3 Å². The van der Waals surface area contributed by atoms with Gasteiger partial charge in [0.15, 0.2) is 11.0 Å². The molecular formula is C21H22BrN5OS. The average Bonchev–Trinajstić information content (AvgIpc) is 3.10. The minimum absolute atomic E-state index is 0.166. The minimum atomic E-state index is -0.166. The van der Waals surface area contributed by atoms with Crippen molar-refractivity contribution in [3.63, 3.8) is 0 Å². The summed E-state index contributed by atoms with van der Waals surface area (Å²) in [6.07, 6.45) is 1.51. The van der Waals surface area contributed by atoms with E-state index in [0.717, 1.165) is 34.4 Å². The quantitative estimate of drug-likeness (QED) is 0.299. The van der Waals surface area contributed by atoms with Crippen molar-refractivity contribution >= 4 is 39.3 Å². The molecule has 0 saturated carbocycles. The van der Waals surface area contributed by atoms with Gasteiger partial charge in [-0.3, -0.25) is 4.79 Å². The van der Waals surface area contributed by atoms with E-state index in [-0.39, 0.29) is 11.7 Å². The maximum atomic E-state index is 12.2. The molecule has 0 bridgehead atoms. The highest BCUT2D eigenvalue weighted by molar-refractivity contribution is 9.10. The molecule has 0 fully saturated rings. The van der Waals surface area contributed by atoms with Crippen molar-refractivity contribution in [3.8, 4) is 11.4 Å². The van der Waals surface area contributed by atoms with E-state index in [0.29, 0.717) is 5.16 Å². The molecule has 0 unspecified atom stereocenters. The molecule has 29 heavy (non-hydrogen) atoms. The van der Waals surface area contributed by atoms with Crippen LogP contribution >= 0.6 is 27.7 Å². The number of benzene rings is 2. The van der Waals surface area contributed by atoms with Gasteiger partial charge in [-0.05, 0) is 24.1 Å². The number of aromatic nitrogens is 3. The van der Waals surface area contributed by atoms with Crippen LogP contribution in [0, 0.1) is 0 Å². The van der Waals surface area contributed by atoms with Crippen molar-refractivity contribution < 1.29 is 4.79 Å². The number of hydrazone groups is 1. The first kappa shape index (κ1) is 21.3. The van der Waals surface area contributed by atoms with Gasteiger partial charge in [0.25, 0.3) is 5.91 Å². The van der Waals surface area contributed by atoms with Crippen molar-refractivity contribution in [3.05, 3.63) is 64.6 Å². The number of carbonyl (C=O) groups excluding carboxylic acids is 1. The molecule has 0 aliphatic heterocycles. The summed E-state index contributed by atoms with van der Waals surface area (Å²) in [7, 11) is 1.89. The molecule has 0 aliphatic rings. The fraction of sp³-hybridized carbons (Fsp3) is 0.238. The van der Waals surface area contributed by atoms with Crippen LogP contribution in [0.1, 0.15) is 18.9 Å². The molecule has 1 aromatic heterocycles. The third-order valence-electron chi connectivity index (χ3n) is 4.25. The molecule has 2 aromatic carbocycles. The first-order chi connectivity index (χ1) is 14.1. The second-order valence-electron chi connectivity index (χ2n) is 6.39. The largest absolute Gasteiger partial charge is 0.305 e. The Kier molecular flexibility index (Phi) is 7.60. The molecule has 0 spiro atoms. The number of hydrogen-bond donors (Lipinski definition) is 1. The number of rotatable bonds is 8. The lowest BCUT2D eigenvalue weighted by Gasteiger charge is -2.06. The van der Waals surface area contributed by atoms with E-state index in [1.807, 2.05) is 61.0 Å². The molecule has 8 heteroatoms. The Morgan fingerprint density at radius 2 is 1.97 bits per heavy atom. The van der Waals surface area contributed by atoms with Crippen molar-refractivity contribution in [2.24, 2.45) is 12.1 Å². The molecule has 0 aliphatic carbocycles. The van der Waals surface area contributed by atoms with Crippen LogP contribution in [0.25, 0.3) is 11.4 Å². The highest BCUT2D eigenvalue weighted by Gasteiger charge is 2.13. The third-order valence-corrected chi connectivity index (χ3v) is 5.76. The molecule has 0 saturated heterocycles. The Balaban J connectivity index is 1.56. The van der Waals surface area contributed by atoms with Crippen molar-refractivity contribution in [2.75, 3.05) is 5.75 Å². The van der Waals surface area contributed by atoms with Gasteiger partial charge in [0.2, 0.25) is 0 Å². The van der Waals surface area contributed by atoms with Crippen LogP contribution in [0.5, 0.6) is 0 Å². The van der Waals surface area contributed by atoms with Gasteiger partial charge < -0.3 is 4.57 Å². The average molecular weight is 472 g/mol. The van der Waals surface area contributed by atoms with Crippen LogP contribution in [0.2, 0.25) is 0 Å². The first-order valence-corrected chi connectivity index (χ1v) is 11.0. The second kappa shape index (κ2) is 10.4. The van der Waals surface area contributed by atoms with Crippen molar-refractivity contribution in [1.29, 1.82) is 0 Å². The molecule has 3 aromatic rings. The van der Waals surface area contributed by atoms with Crippen LogP contribution in [-0.2, 0) is 18.3 Å². The SMILES string of the molecule is CC/C(Cc1ccccc1)=N\NC(=O)CSc1nnc(-c2cccc(Br)c2)n1C. The minimum Gasteiger partial charge on any atom is -0.305 e. The van der Waals surface area contributed by atoms with Crippen molar-refractivity contribution in [1.82, 2.24) is 20.2 Å². The highest BCUT2D eigenvalue weighted by Crippen LogP contribution is 2.24. The number of nitrogens with one attached hydrogen (secondary N) is 1.